The average molecular weight is 386 g/mol. The Bertz CT molecular complexity index is 1200. The molecule has 0 radical (unpaired) electrons. The summed E-state index contributed by atoms with van der Waals surface area (Å²) in [5.41, 5.74) is 1.03. The van der Waals surface area contributed by atoms with Gasteiger partial charge in [-0.25, -0.2) is 18.5 Å². The summed E-state index contributed by atoms with van der Waals surface area (Å²) in [6, 6.07) is 7.93. The smallest absolute Gasteiger partial charge is 0.238 e. The van der Waals surface area contributed by atoms with Crippen LogP contribution in [0, 0.1) is 29.6 Å². The zero-order valence-electron chi connectivity index (χ0n) is 13.2. The Kier molecular flexibility index (Phi) is 4.48. The Morgan fingerprint density at radius 3 is 2.69 bits per heavy atom. The molecule has 3 aromatic rings. The maximum atomic E-state index is 11.5. The summed E-state index contributed by atoms with van der Waals surface area (Å²) >= 11 is 1.04. The van der Waals surface area contributed by atoms with E-state index >= 15 is 0 Å². The number of nitrogens with two attached hydrogens (primary N) is 1. The first kappa shape index (κ1) is 17.6. The molecular formula is C14H10N8O2S2. The second-order valence-electron chi connectivity index (χ2n) is 5.16. The van der Waals surface area contributed by atoms with E-state index in [2.05, 4.69) is 24.6 Å². The first-order valence-electron chi connectivity index (χ1n) is 7.03. The van der Waals surface area contributed by atoms with Gasteiger partial charge < -0.3 is 4.98 Å². The van der Waals surface area contributed by atoms with Gasteiger partial charge >= 0.3 is 0 Å². The summed E-state index contributed by atoms with van der Waals surface area (Å²) in [6.07, 6.45) is 0. The lowest BCUT2D eigenvalue weighted by atomic mass is 10.2. The van der Waals surface area contributed by atoms with Crippen molar-refractivity contribution in [2.75, 3.05) is 0 Å². The molecule has 0 spiro atoms. The molecule has 2 aromatic heterocycles. The predicted octanol–water partition coefficient (Wildman–Crippen LogP) is 2.52. The van der Waals surface area contributed by atoms with E-state index in [1.807, 2.05) is 12.1 Å². The first-order chi connectivity index (χ1) is 12.3. The van der Waals surface area contributed by atoms with Gasteiger partial charge in [0.15, 0.2) is 16.7 Å². The number of benzene rings is 1. The van der Waals surface area contributed by atoms with Crippen molar-refractivity contribution in [1.29, 1.82) is 10.5 Å². The number of nitrogens with zero attached hydrogens (tertiary/aromatic N) is 6. The minimum Gasteiger partial charge on any atom is -0.323 e. The third kappa shape index (κ3) is 3.29. The fraction of sp³-hybridized carbons (Fsp3) is 0.143. The molecule has 1 aromatic carbocycles. The van der Waals surface area contributed by atoms with Crippen LogP contribution in [0.2, 0.25) is 0 Å². The lowest BCUT2D eigenvalue weighted by Crippen LogP contribution is -2.11. The van der Waals surface area contributed by atoms with E-state index in [0.29, 0.717) is 27.4 Å². The van der Waals surface area contributed by atoms with Crippen LogP contribution in [0.15, 0.2) is 33.3 Å². The largest absolute Gasteiger partial charge is 0.323 e. The number of fused-ring (bicyclic) bond motifs is 1. The highest BCUT2D eigenvalue weighted by Gasteiger charge is 2.16. The van der Waals surface area contributed by atoms with Crippen LogP contribution >= 0.6 is 11.5 Å². The zero-order chi connectivity index (χ0) is 18.9. The van der Waals surface area contributed by atoms with Crippen LogP contribution in [0.3, 0.4) is 0 Å². The molecule has 3 rings (SSSR count). The Hall–Kier alpha value is -3.19. The van der Waals surface area contributed by atoms with E-state index in [4.69, 9.17) is 15.7 Å². The molecule has 26 heavy (non-hydrogen) atoms. The lowest BCUT2D eigenvalue weighted by molar-refractivity contribution is 0.598. The van der Waals surface area contributed by atoms with E-state index in [1.165, 1.54) is 18.2 Å². The van der Waals surface area contributed by atoms with Gasteiger partial charge in [-0.2, -0.15) is 14.9 Å². The maximum Gasteiger partial charge on any atom is 0.238 e. The molecule has 0 unspecified atom stereocenters. The summed E-state index contributed by atoms with van der Waals surface area (Å²) < 4.78 is 27.2. The predicted molar refractivity (Wildman–Crippen MR) is 92.5 cm³/mol. The molecule has 0 atom stereocenters. The number of nitrogens with one attached hydrogen (secondary N) is 1. The molecule has 10 nitrogen and oxygen atoms in total. The minimum absolute atomic E-state index is 0.0486. The molecule has 0 aliphatic heterocycles. The summed E-state index contributed by atoms with van der Waals surface area (Å²) in [5, 5.41) is 32.0. The summed E-state index contributed by atoms with van der Waals surface area (Å²) in [6.45, 7) is 1.66. The van der Waals surface area contributed by atoms with Crippen molar-refractivity contribution in [2.45, 2.75) is 17.7 Å². The van der Waals surface area contributed by atoms with Crippen molar-refractivity contribution in [1.82, 2.24) is 14.3 Å². The van der Waals surface area contributed by atoms with Crippen molar-refractivity contribution in [2.24, 2.45) is 15.4 Å². The number of hydrogen-bond acceptors (Lipinski definition) is 9. The fourth-order valence-electron chi connectivity index (χ4n) is 2.11. The van der Waals surface area contributed by atoms with Crippen molar-refractivity contribution in [3.05, 3.63) is 29.7 Å². The quantitative estimate of drug-likeness (QED) is 0.651. The molecule has 2 heterocycles. The molecule has 0 aliphatic rings. The molecule has 12 heteroatoms. The van der Waals surface area contributed by atoms with Gasteiger partial charge in [0.25, 0.3) is 0 Å². The van der Waals surface area contributed by atoms with Crippen molar-refractivity contribution in [3.8, 4) is 12.1 Å². The zero-order valence-corrected chi connectivity index (χ0v) is 14.8. The summed E-state index contributed by atoms with van der Waals surface area (Å²) in [4.78, 5) is 6.83. The number of imidazole rings is 1. The van der Waals surface area contributed by atoms with Gasteiger partial charge in [0.1, 0.15) is 5.82 Å². The van der Waals surface area contributed by atoms with E-state index in [1.54, 1.807) is 6.92 Å². The highest BCUT2D eigenvalue weighted by atomic mass is 32.2. The van der Waals surface area contributed by atoms with Gasteiger partial charge in [0.05, 0.1) is 28.2 Å². The Balaban J connectivity index is 1.99. The van der Waals surface area contributed by atoms with Crippen LogP contribution in [0.4, 0.5) is 10.8 Å². The Morgan fingerprint density at radius 1 is 1.31 bits per heavy atom. The minimum atomic E-state index is -3.85. The van der Waals surface area contributed by atoms with Crippen LogP contribution in [0.1, 0.15) is 17.4 Å². The standard InChI is InChI=1S/C14H10N8O2S2/c1-7-12(19-13(18-7)8(5-15)6-16)20-21-14-10-4-9(26(17,23)24)2-3-11(10)22-25-14/h2-4,8H,1H3,(H,18,19)(H2,17,23,24)/b21-20+. The number of aromatic amines is 1. The van der Waals surface area contributed by atoms with E-state index in [0.717, 1.165) is 11.5 Å². The number of primary sulfonamides is 1. The summed E-state index contributed by atoms with van der Waals surface area (Å²) in [5.74, 6) is -0.550. The molecule has 130 valence electrons. The number of hydrogen-bond donors (Lipinski definition) is 2. The van der Waals surface area contributed by atoms with E-state index in [-0.39, 0.29) is 10.7 Å². The van der Waals surface area contributed by atoms with Gasteiger partial charge in [-0.3, -0.25) is 0 Å². The van der Waals surface area contributed by atoms with Crippen LogP contribution in [-0.2, 0) is 10.0 Å². The molecule has 0 amide bonds. The van der Waals surface area contributed by atoms with Crippen LogP contribution in [0.5, 0.6) is 0 Å². The number of aryl methyl sites for hydroxylation is 1. The molecule has 0 bridgehead atoms. The molecule has 0 saturated heterocycles. The molecule has 0 fully saturated rings. The summed E-state index contributed by atoms with van der Waals surface area (Å²) in [7, 11) is -3.85. The molecular weight excluding hydrogens is 376 g/mol. The third-order valence-corrected chi connectivity index (χ3v) is 5.08. The Morgan fingerprint density at radius 2 is 2.04 bits per heavy atom. The monoisotopic (exact) mass is 386 g/mol. The van der Waals surface area contributed by atoms with Gasteiger partial charge in [-0.15, -0.1) is 10.2 Å². The SMILES string of the molecule is Cc1nc(C(C#N)C#N)[nH]c1/N=N/c1snc2ccc(S(N)(=O)=O)cc12. The average Bonchev–Trinajstić information content (AvgIpc) is 3.16. The van der Waals surface area contributed by atoms with Gasteiger partial charge in [0.2, 0.25) is 10.0 Å². The number of H-pyrrole nitrogens is 1. The third-order valence-electron chi connectivity index (χ3n) is 3.41. The van der Waals surface area contributed by atoms with Crippen molar-refractivity contribution < 1.29 is 8.42 Å². The number of azo groups is 1. The first-order valence-corrected chi connectivity index (χ1v) is 9.35. The van der Waals surface area contributed by atoms with E-state index in [9.17, 15) is 8.42 Å². The normalized spacial score (nSPS) is 11.9. The van der Waals surface area contributed by atoms with Crippen molar-refractivity contribution in [3.63, 3.8) is 0 Å². The van der Waals surface area contributed by atoms with Crippen LogP contribution in [0.25, 0.3) is 10.9 Å². The second-order valence-corrected chi connectivity index (χ2v) is 7.47. The fourth-order valence-corrected chi connectivity index (χ4v) is 3.33. The van der Waals surface area contributed by atoms with Crippen LogP contribution < -0.4 is 5.14 Å². The van der Waals surface area contributed by atoms with Gasteiger partial charge in [0, 0.05) is 5.39 Å². The second kappa shape index (κ2) is 6.61. The van der Waals surface area contributed by atoms with Gasteiger partial charge in [-0.1, -0.05) is 0 Å². The van der Waals surface area contributed by atoms with Crippen LogP contribution in [-0.4, -0.2) is 22.8 Å². The number of rotatable bonds is 4. The van der Waals surface area contributed by atoms with Crippen molar-refractivity contribution >= 4 is 43.3 Å². The number of sulfonamides is 1. The van der Waals surface area contributed by atoms with Gasteiger partial charge in [-0.05, 0) is 36.7 Å². The van der Waals surface area contributed by atoms with E-state index < -0.39 is 15.9 Å². The number of nitriles is 2. The topological polar surface area (TPSA) is 174 Å². The number of aromatic nitrogens is 3. The molecule has 3 N–H and O–H groups in total. The lowest BCUT2D eigenvalue weighted by Gasteiger charge is -1.97. The highest BCUT2D eigenvalue weighted by Crippen LogP contribution is 2.33. The maximum absolute atomic E-state index is 11.5. The molecule has 0 saturated carbocycles. The highest BCUT2D eigenvalue weighted by molar-refractivity contribution is 7.89. The Labute approximate surface area is 151 Å². The molecule has 0 aliphatic carbocycles.